The molecule has 0 spiro atoms. The molecule has 1 N–H and O–H groups in total. The van der Waals surface area contributed by atoms with Crippen LogP contribution in [-0.2, 0) is 0 Å². The number of hydrogen-bond donors (Lipinski definition) is 1. The van der Waals surface area contributed by atoms with E-state index in [1.165, 1.54) is 13.0 Å². The number of nitrogens with zero attached hydrogens (tertiary/aromatic N) is 2. The Morgan fingerprint density at radius 1 is 1.57 bits per heavy atom. The molecule has 76 valence electrons. The van der Waals surface area contributed by atoms with Crippen molar-refractivity contribution in [3.63, 3.8) is 0 Å². The summed E-state index contributed by atoms with van der Waals surface area (Å²) in [5.74, 6) is 0. The third kappa shape index (κ3) is 2.45. The molecule has 0 radical (unpaired) electrons. The van der Waals surface area contributed by atoms with E-state index in [0.717, 1.165) is 16.8 Å². The number of nitrogens with one attached hydrogen (secondary N) is 1. The minimum Gasteiger partial charge on any atom is -0.380 e. The Hall–Kier alpha value is -0.610. The van der Waals surface area contributed by atoms with E-state index in [9.17, 15) is 0 Å². The third-order valence-corrected chi connectivity index (χ3v) is 2.96. The predicted octanol–water partition coefficient (Wildman–Crippen LogP) is 1.96. The van der Waals surface area contributed by atoms with Gasteiger partial charge in [-0.3, -0.25) is 0 Å². The van der Waals surface area contributed by atoms with Gasteiger partial charge in [0.2, 0.25) is 0 Å². The summed E-state index contributed by atoms with van der Waals surface area (Å²) in [5, 5.41) is 3.47. The highest BCUT2D eigenvalue weighted by Crippen LogP contribution is 2.15. The summed E-state index contributed by atoms with van der Waals surface area (Å²) in [6.07, 6.45) is 3.08. The van der Waals surface area contributed by atoms with Gasteiger partial charge in [-0.05, 0) is 48.1 Å². The summed E-state index contributed by atoms with van der Waals surface area (Å²) < 4.78 is 0.881. The van der Waals surface area contributed by atoms with Crippen LogP contribution in [0.1, 0.15) is 6.42 Å². The predicted molar refractivity (Wildman–Crippen MR) is 61.5 cm³/mol. The van der Waals surface area contributed by atoms with Crippen LogP contribution in [0, 0.1) is 0 Å². The van der Waals surface area contributed by atoms with E-state index in [1.54, 1.807) is 0 Å². The van der Waals surface area contributed by atoms with Gasteiger partial charge in [-0.15, -0.1) is 0 Å². The number of anilines is 1. The van der Waals surface area contributed by atoms with Gasteiger partial charge in [0.15, 0.2) is 0 Å². The second kappa shape index (κ2) is 4.28. The molecule has 2 heterocycles. The smallest absolute Gasteiger partial charge is 0.106 e. The maximum atomic E-state index is 4.18. The zero-order valence-electron chi connectivity index (χ0n) is 8.20. The Bertz CT molecular complexity index is 299. The van der Waals surface area contributed by atoms with Gasteiger partial charge in [0.25, 0.3) is 0 Å². The fourth-order valence-corrected chi connectivity index (χ4v) is 1.98. The highest BCUT2D eigenvalue weighted by atomic mass is 79.9. The number of aromatic nitrogens is 1. The van der Waals surface area contributed by atoms with Crippen molar-refractivity contribution >= 4 is 21.6 Å². The van der Waals surface area contributed by atoms with E-state index in [1.807, 2.05) is 12.3 Å². The molecule has 1 aromatic heterocycles. The molecule has 14 heavy (non-hydrogen) atoms. The van der Waals surface area contributed by atoms with Gasteiger partial charge >= 0.3 is 0 Å². The summed E-state index contributed by atoms with van der Waals surface area (Å²) in [4.78, 5) is 6.52. The van der Waals surface area contributed by atoms with Gasteiger partial charge in [0, 0.05) is 12.6 Å². The van der Waals surface area contributed by atoms with Crippen molar-refractivity contribution < 1.29 is 0 Å². The molecular weight excluding hydrogens is 242 g/mol. The summed E-state index contributed by atoms with van der Waals surface area (Å²) >= 11 is 3.32. The number of likely N-dealkylation sites (N-methyl/N-ethyl adjacent to an activating group) is 1. The topological polar surface area (TPSA) is 28.2 Å². The lowest BCUT2D eigenvalue weighted by Gasteiger charge is -2.13. The maximum Gasteiger partial charge on any atom is 0.106 e. The zero-order valence-corrected chi connectivity index (χ0v) is 9.79. The monoisotopic (exact) mass is 255 g/mol. The summed E-state index contributed by atoms with van der Waals surface area (Å²) in [6.45, 7) is 2.30. The van der Waals surface area contributed by atoms with Crippen molar-refractivity contribution in [2.75, 3.05) is 25.5 Å². The van der Waals surface area contributed by atoms with Crippen LogP contribution < -0.4 is 5.32 Å². The summed E-state index contributed by atoms with van der Waals surface area (Å²) in [6, 6.07) is 4.58. The van der Waals surface area contributed by atoms with Gasteiger partial charge in [-0.1, -0.05) is 0 Å². The van der Waals surface area contributed by atoms with Crippen molar-refractivity contribution in [1.82, 2.24) is 9.88 Å². The molecule has 2 rings (SSSR count). The van der Waals surface area contributed by atoms with Crippen molar-refractivity contribution in [3.8, 4) is 0 Å². The Kier molecular flexibility index (Phi) is 3.03. The largest absolute Gasteiger partial charge is 0.380 e. The standard InChI is InChI=1S/C10H14BrN3/c1-14-5-4-9(7-14)13-8-2-3-10(11)12-6-8/h2-3,6,9,13H,4-5,7H2,1H3. The summed E-state index contributed by atoms with van der Waals surface area (Å²) in [7, 11) is 2.15. The quantitative estimate of drug-likeness (QED) is 0.820. The second-order valence-corrected chi connectivity index (χ2v) is 4.57. The number of rotatable bonds is 2. The van der Waals surface area contributed by atoms with Crippen LogP contribution in [0.3, 0.4) is 0 Å². The Morgan fingerprint density at radius 2 is 2.43 bits per heavy atom. The third-order valence-electron chi connectivity index (χ3n) is 2.49. The Balaban J connectivity index is 1.94. The zero-order chi connectivity index (χ0) is 9.97. The lowest BCUT2D eigenvalue weighted by Crippen LogP contribution is -2.23. The van der Waals surface area contributed by atoms with E-state index in [0.29, 0.717) is 6.04 Å². The number of hydrogen-bond acceptors (Lipinski definition) is 3. The average Bonchev–Trinajstić information content (AvgIpc) is 2.56. The molecule has 3 nitrogen and oxygen atoms in total. The van der Waals surface area contributed by atoms with Crippen LogP contribution in [0.25, 0.3) is 0 Å². The normalized spacial score (nSPS) is 22.6. The molecule has 0 bridgehead atoms. The molecule has 0 saturated carbocycles. The van der Waals surface area contributed by atoms with E-state index in [2.05, 4.69) is 44.2 Å². The first-order valence-electron chi connectivity index (χ1n) is 4.80. The van der Waals surface area contributed by atoms with Gasteiger partial charge in [0.05, 0.1) is 11.9 Å². The lowest BCUT2D eigenvalue weighted by molar-refractivity contribution is 0.414. The Morgan fingerprint density at radius 3 is 3.00 bits per heavy atom. The van der Waals surface area contributed by atoms with Crippen LogP contribution >= 0.6 is 15.9 Å². The Labute approximate surface area is 92.6 Å². The molecule has 1 aromatic rings. The van der Waals surface area contributed by atoms with Crippen LogP contribution in [-0.4, -0.2) is 36.1 Å². The fraction of sp³-hybridized carbons (Fsp3) is 0.500. The highest BCUT2D eigenvalue weighted by Gasteiger charge is 2.18. The molecule has 1 unspecified atom stereocenters. The summed E-state index contributed by atoms with van der Waals surface area (Å²) in [5.41, 5.74) is 1.11. The number of halogens is 1. The molecule has 0 aliphatic carbocycles. The fourth-order valence-electron chi connectivity index (χ4n) is 1.75. The van der Waals surface area contributed by atoms with Crippen LogP contribution in [0.5, 0.6) is 0 Å². The highest BCUT2D eigenvalue weighted by molar-refractivity contribution is 9.10. The van der Waals surface area contributed by atoms with Crippen LogP contribution in [0.2, 0.25) is 0 Å². The SMILES string of the molecule is CN1CCC(Nc2ccc(Br)nc2)C1. The first-order valence-corrected chi connectivity index (χ1v) is 5.60. The van der Waals surface area contributed by atoms with Crippen molar-refractivity contribution in [1.29, 1.82) is 0 Å². The molecule has 1 aliphatic rings. The number of pyridine rings is 1. The van der Waals surface area contributed by atoms with Crippen molar-refractivity contribution in [2.45, 2.75) is 12.5 Å². The number of likely N-dealkylation sites (tertiary alicyclic amines) is 1. The maximum absolute atomic E-state index is 4.18. The van der Waals surface area contributed by atoms with Crippen molar-refractivity contribution in [2.24, 2.45) is 0 Å². The molecule has 0 amide bonds. The molecule has 1 saturated heterocycles. The lowest BCUT2D eigenvalue weighted by atomic mass is 10.2. The second-order valence-electron chi connectivity index (χ2n) is 3.76. The molecule has 0 aromatic carbocycles. The van der Waals surface area contributed by atoms with Crippen LogP contribution in [0.4, 0.5) is 5.69 Å². The first kappa shape index (κ1) is 9.93. The van der Waals surface area contributed by atoms with Crippen LogP contribution in [0.15, 0.2) is 22.9 Å². The van der Waals surface area contributed by atoms with Gasteiger partial charge < -0.3 is 10.2 Å². The van der Waals surface area contributed by atoms with Gasteiger partial charge in [-0.25, -0.2) is 4.98 Å². The molecular formula is C10H14BrN3. The van der Waals surface area contributed by atoms with E-state index in [4.69, 9.17) is 0 Å². The minimum absolute atomic E-state index is 0.572. The van der Waals surface area contributed by atoms with Gasteiger partial charge in [0.1, 0.15) is 4.60 Å². The first-order chi connectivity index (χ1) is 6.74. The van der Waals surface area contributed by atoms with Crippen molar-refractivity contribution in [3.05, 3.63) is 22.9 Å². The molecule has 1 aliphatic heterocycles. The van der Waals surface area contributed by atoms with Gasteiger partial charge in [-0.2, -0.15) is 0 Å². The van der Waals surface area contributed by atoms with E-state index in [-0.39, 0.29) is 0 Å². The minimum atomic E-state index is 0.572. The average molecular weight is 256 g/mol. The molecule has 1 atom stereocenters. The van der Waals surface area contributed by atoms with E-state index >= 15 is 0 Å². The molecule has 4 heteroatoms. The van der Waals surface area contributed by atoms with E-state index < -0.39 is 0 Å². The molecule has 1 fully saturated rings.